The number of nitrogens with one attached hydrogen (secondary N) is 2. The monoisotopic (exact) mass is 409 g/mol. The fraction of sp³-hybridized carbons (Fsp3) is 0.238. The van der Waals surface area contributed by atoms with E-state index < -0.39 is 4.92 Å². The van der Waals surface area contributed by atoms with Crippen molar-refractivity contribution in [2.45, 2.75) is 19.8 Å². The Labute approximate surface area is 173 Å². The molecule has 0 radical (unpaired) electrons. The molecule has 0 fully saturated rings. The molecule has 9 nitrogen and oxygen atoms in total. The van der Waals surface area contributed by atoms with Gasteiger partial charge in [-0.15, -0.1) is 0 Å². The van der Waals surface area contributed by atoms with Gasteiger partial charge in [0.15, 0.2) is 0 Å². The largest absolute Gasteiger partial charge is 0.385 e. The van der Waals surface area contributed by atoms with Crippen LogP contribution in [0, 0.1) is 17.0 Å². The number of hydrogen-bond donors (Lipinski definition) is 2. The first-order valence-corrected chi connectivity index (χ1v) is 9.50. The van der Waals surface area contributed by atoms with E-state index in [1.54, 1.807) is 30.8 Å². The second-order valence-corrected chi connectivity index (χ2v) is 6.82. The molecule has 0 atom stereocenters. The van der Waals surface area contributed by atoms with E-state index in [1.807, 2.05) is 30.3 Å². The average molecular weight is 409 g/mol. The Kier molecular flexibility index (Phi) is 6.31. The van der Waals surface area contributed by atoms with E-state index in [0.717, 1.165) is 11.4 Å². The Morgan fingerprint density at radius 2 is 1.77 bits per heavy atom. The van der Waals surface area contributed by atoms with E-state index in [1.165, 1.54) is 16.8 Å². The molecule has 156 valence electrons. The number of aromatic nitrogens is 2. The number of anilines is 2. The lowest BCUT2D eigenvalue weighted by atomic mass is 10.2. The molecule has 0 saturated carbocycles. The van der Waals surface area contributed by atoms with Gasteiger partial charge in [-0.05, 0) is 37.6 Å². The average Bonchev–Trinajstić information content (AvgIpc) is 2.95. The van der Waals surface area contributed by atoms with Gasteiger partial charge in [-0.3, -0.25) is 24.4 Å². The lowest BCUT2D eigenvalue weighted by Gasteiger charge is -2.07. The number of carbonyl (C=O) groups excluding carboxylic acids is 1. The summed E-state index contributed by atoms with van der Waals surface area (Å²) in [5, 5.41) is 16.5. The van der Waals surface area contributed by atoms with Gasteiger partial charge in [-0.25, -0.2) is 4.68 Å². The summed E-state index contributed by atoms with van der Waals surface area (Å²) in [5.41, 5.74) is 2.15. The normalized spacial score (nSPS) is 10.6. The molecule has 2 N–H and O–H groups in total. The van der Waals surface area contributed by atoms with Gasteiger partial charge in [0.2, 0.25) is 5.91 Å². The predicted molar refractivity (Wildman–Crippen MR) is 115 cm³/mol. The molecule has 0 aliphatic heterocycles. The highest BCUT2D eigenvalue weighted by Gasteiger charge is 2.17. The van der Waals surface area contributed by atoms with E-state index in [0.29, 0.717) is 18.7 Å². The number of hydrogen-bond acceptors (Lipinski definition) is 5. The minimum Gasteiger partial charge on any atom is -0.385 e. The third-order valence-corrected chi connectivity index (χ3v) is 4.81. The van der Waals surface area contributed by atoms with Crippen LogP contribution in [0.25, 0.3) is 5.69 Å². The van der Waals surface area contributed by atoms with Gasteiger partial charge in [0.1, 0.15) is 5.69 Å². The number of non-ortho nitro benzene ring substituents is 1. The maximum Gasteiger partial charge on any atom is 0.295 e. The van der Waals surface area contributed by atoms with Crippen molar-refractivity contribution in [3.63, 3.8) is 0 Å². The van der Waals surface area contributed by atoms with E-state index >= 15 is 0 Å². The Bertz CT molecular complexity index is 1100. The third-order valence-electron chi connectivity index (χ3n) is 4.81. The van der Waals surface area contributed by atoms with Crippen LogP contribution in [-0.2, 0) is 11.8 Å². The second-order valence-electron chi connectivity index (χ2n) is 6.82. The van der Waals surface area contributed by atoms with Crippen LogP contribution in [0.1, 0.15) is 18.5 Å². The summed E-state index contributed by atoms with van der Waals surface area (Å²) in [6.07, 6.45) is 0.778. The Balaban J connectivity index is 1.56. The molecule has 30 heavy (non-hydrogen) atoms. The van der Waals surface area contributed by atoms with Gasteiger partial charge in [-0.1, -0.05) is 18.2 Å². The van der Waals surface area contributed by atoms with Crippen molar-refractivity contribution in [1.29, 1.82) is 0 Å². The summed E-state index contributed by atoms with van der Waals surface area (Å²) in [6, 6.07) is 15.3. The van der Waals surface area contributed by atoms with Crippen LogP contribution in [0.5, 0.6) is 0 Å². The Morgan fingerprint density at radius 1 is 1.10 bits per heavy atom. The summed E-state index contributed by atoms with van der Waals surface area (Å²) in [4.78, 5) is 35.3. The van der Waals surface area contributed by atoms with Crippen LogP contribution in [0.4, 0.5) is 17.1 Å². The summed E-state index contributed by atoms with van der Waals surface area (Å²) in [6.45, 7) is 2.31. The lowest BCUT2D eigenvalue weighted by Crippen LogP contribution is -2.23. The van der Waals surface area contributed by atoms with Gasteiger partial charge < -0.3 is 10.6 Å². The topological polar surface area (TPSA) is 111 Å². The molecule has 0 aliphatic carbocycles. The maximum absolute atomic E-state index is 12.8. The zero-order chi connectivity index (χ0) is 21.7. The molecule has 2 aromatic carbocycles. The van der Waals surface area contributed by atoms with E-state index in [4.69, 9.17) is 0 Å². The van der Waals surface area contributed by atoms with Crippen molar-refractivity contribution in [3.05, 3.63) is 80.8 Å². The number of carbonyl (C=O) groups is 1. The van der Waals surface area contributed by atoms with E-state index in [9.17, 15) is 19.7 Å². The van der Waals surface area contributed by atoms with Crippen molar-refractivity contribution in [3.8, 4) is 5.69 Å². The molecule has 0 spiro atoms. The van der Waals surface area contributed by atoms with Crippen molar-refractivity contribution >= 4 is 23.0 Å². The molecule has 3 rings (SSSR count). The van der Waals surface area contributed by atoms with Gasteiger partial charge in [0.25, 0.3) is 11.2 Å². The van der Waals surface area contributed by atoms with Gasteiger partial charge in [0, 0.05) is 37.8 Å². The summed E-state index contributed by atoms with van der Waals surface area (Å²) >= 11 is 0. The van der Waals surface area contributed by atoms with Crippen molar-refractivity contribution < 1.29 is 9.72 Å². The van der Waals surface area contributed by atoms with Crippen LogP contribution in [-0.4, -0.2) is 26.7 Å². The van der Waals surface area contributed by atoms with Crippen LogP contribution in [0.3, 0.4) is 0 Å². The molecule has 0 saturated heterocycles. The molecule has 1 amide bonds. The first-order valence-electron chi connectivity index (χ1n) is 9.50. The number of nitrogens with zero attached hydrogens (tertiary/aromatic N) is 3. The summed E-state index contributed by atoms with van der Waals surface area (Å²) in [5.74, 6) is -0.244. The molecule has 3 aromatic rings. The number of benzene rings is 2. The van der Waals surface area contributed by atoms with E-state index in [2.05, 4.69) is 10.6 Å². The highest BCUT2D eigenvalue weighted by atomic mass is 16.6. The van der Waals surface area contributed by atoms with Crippen LogP contribution in [0.2, 0.25) is 0 Å². The number of nitro benzene ring substituents is 1. The van der Waals surface area contributed by atoms with Crippen molar-refractivity contribution in [2.75, 3.05) is 17.2 Å². The molecule has 1 heterocycles. The van der Waals surface area contributed by atoms with E-state index in [-0.39, 0.29) is 29.3 Å². The maximum atomic E-state index is 12.8. The summed E-state index contributed by atoms with van der Waals surface area (Å²) < 4.78 is 3.23. The van der Waals surface area contributed by atoms with Gasteiger partial charge >= 0.3 is 0 Å². The molecular weight excluding hydrogens is 386 g/mol. The van der Waals surface area contributed by atoms with Gasteiger partial charge in [-0.2, -0.15) is 0 Å². The van der Waals surface area contributed by atoms with Crippen LogP contribution < -0.4 is 16.2 Å². The standard InChI is InChI=1S/C21H23N5O4/c1-15-20(21(28)25(24(15)2)17-7-4-3-5-8-17)23-19(27)9-6-14-22-16-10-12-18(13-11-16)26(29)30/h3-5,7-8,10-13,22H,6,9,14H2,1-2H3,(H,23,27). The fourth-order valence-corrected chi connectivity index (χ4v) is 3.10. The first-order chi connectivity index (χ1) is 14.4. The smallest absolute Gasteiger partial charge is 0.295 e. The fourth-order valence-electron chi connectivity index (χ4n) is 3.10. The second kappa shape index (κ2) is 9.08. The first kappa shape index (κ1) is 20.8. The lowest BCUT2D eigenvalue weighted by molar-refractivity contribution is -0.384. The minimum absolute atomic E-state index is 0.0271. The summed E-state index contributed by atoms with van der Waals surface area (Å²) in [7, 11) is 1.77. The molecule has 9 heteroatoms. The quantitative estimate of drug-likeness (QED) is 0.337. The SMILES string of the molecule is Cc1c(NC(=O)CCCNc2ccc([N+](=O)[O-])cc2)c(=O)n(-c2ccccc2)n1C. The molecular formula is C21H23N5O4. The minimum atomic E-state index is -0.453. The van der Waals surface area contributed by atoms with Gasteiger partial charge in [0.05, 0.1) is 16.3 Å². The molecule has 1 aromatic heterocycles. The van der Waals surface area contributed by atoms with Crippen molar-refractivity contribution in [1.82, 2.24) is 9.36 Å². The molecule has 0 aliphatic rings. The predicted octanol–water partition coefficient (Wildman–Crippen LogP) is 3.22. The molecule has 0 bridgehead atoms. The Morgan fingerprint density at radius 3 is 2.40 bits per heavy atom. The zero-order valence-electron chi connectivity index (χ0n) is 16.8. The number of para-hydroxylation sites is 1. The number of amides is 1. The highest BCUT2D eigenvalue weighted by Crippen LogP contribution is 2.16. The number of rotatable bonds is 8. The third kappa shape index (κ3) is 4.57. The molecule has 0 unspecified atom stereocenters. The highest BCUT2D eigenvalue weighted by molar-refractivity contribution is 5.91. The van der Waals surface area contributed by atoms with Crippen LogP contribution in [0.15, 0.2) is 59.4 Å². The van der Waals surface area contributed by atoms with Crippen molar-refractivity contribution in [2.24, 2.45) is 7.05 Å². The van der Waals surface area contributed by atoms with Crippen LogP contribution >= 0.6 is 0 Å². The number of nitro groups is 1. The Hall–Kier alpha value is -3.88. The zero-order valence-corrected chi connectivity index (χ0v) is 16.8.